The number of nitrogens with zero attached hydrogens (tertiary/aromatic N) is 2. The van der Waals surface area contributed by atoms with Crippen LogP contribution in [0.2, 0.25) is 0 Å². The number of rotatable bonds is 1. The molecule has 0 unspecified atom stereocenters. The number of carbonyl (C=O) groups is 1. The van der Waals surface area contributed by atoms with Crippen molar-refractivity contribution < 1.29 is 4.79 Å². The van der Waals surface area contributed by atoms with Gasteiger partial charge in [-0.2, -0.15) is 11.8 Å². The Bertz CT molecular complexity index is 433. The van der Waals surface area contributed by atoms with Crippen LogP contribution in [-0.4, -0.2) is 39.4 Å². The maximum atomic E-state index is 12.3. The smallest absolute Gasteiger partial charge is 0.255 e. The first-order valence-corrected chi connectivity index (χ1v) is 7.81. The zero-order valence-electron chi connectivity index (χ0n) is 10.6. The van der Waals surface area contributed by atoms with E-state index in [9.17, 15) is 4.79 Å². The summed E-state index contributed by atoms with van der Waals surface area (Å²) in [6, 6.07) is 3.63. The molecule has 2 rings (SSSR count). The van der Waals surface area contributed by atoms with Gasteiger partial charge in [-0.25, -0.2) is 4.98 Å². The first-order chi connectivity index (χ1) is 8.48. The molecule has 0 atom stereocenters. The number of pyridine rings is 1. The summed E-state index contributed by atoms with van der Waals surface area (Å²) in [5.41, 5.74) is 0.669. The van der Waals surface area contributed by atoms with Gasteiger partial charge >= 0.3 is 0 Å². The van der Waals surface area contributed by atoms with Crippen LogP contribution < -0.4 is 0 Å². The van der Waals surface area contributed by atoms with E-state index in [2.05, 4.69) is 34.8 Å². The zero-order valence-corrected chi connectivity index (χ0v) is 13.1. The minimum absolute atomic E-state index is 0.0910. The van der Waals surface area contributed by atoms with Crippen LogP contribution in [0.1, 0.15) is 30.6 Å². The van der Waals surface area contributed by atoms with E-state index in [1.165, 1.54) is 0 Å². The molecule has 0 bridgehead atoms. The van der Waals surface area contributed by atoms with Crippen molar-refractivity contribution in [3.05, 3.63) is 28.5 Å². The summed E-state index contributed by atoms with van der Waals surface area (Å²) >= 11 is 5.22. The lowest BCUT2D eigenvalue weighted by molar-refractivity contribution is 0.0764. The van der Waals surface area contributed by atoms with Crippen LogP contribution in [0.3, 0.4) is 0 Å². The largest absolute Gasteiger partial charge is 0.338 e. The molecule has 0 aliphatic carbocycles. The van der Waals surface area contributed by atoms with Crippen LogP contribution in [-0.2, 0) is 0 Å². The third-order valence-electron chi connectivity index (χ3n) is 3.10. The van der Waals surface area contributed by atoms with Gasteiger partial charge in [0.1, 0.15) is 4.60 Å². The molecule has 2 heterocycles. The van der Waals surface area contributed by atoms with E-state index in [-0.39, 0.29) is 10.7 Å². The number of aromatic nitrogens is 1. The number of carbonyl (C=O) groups excluding carboxylic acids is 1. The van der Waals surface area contributed by atoms with E-state index in [4.69, 9.17) is 0 Å². The van der Waals surface area contributed by atoms with Gasteiger partial charge in [0.15, 0.2) is 0 Å². The minimum atomic E-state index is 0.0910. The highest BCUT2D eigenvalue weighted by Crippen LogP contribution is 2.31. The molecule has 0 spiro atoms. The topological polar surface area (TPSA) is 33.2 Å². The number of amides is 1. The molecule has 1 fully saturated rings. The molecule has 1 aromatic rings. The molecule has 3 nitrogen and oxygen atoms in total. The third-order valence-corrected chi connectivity index (χ3v) is 4.94. The second kappa shape index (κ2) is 5.61. The number of thioether (sulfide) groups is 1. The highest BCUT2D eigenvalue weighted by atomic mass is 79.9. The number of hydrogen-bond donors (Lipinski definition) is 0. The second-order valence-corrected chi connectivity index (χ2v) is 7.63. The number of hydrogen-bond acceptors (Lipinski definition) is 3. The van der Waals surface area contributed by atoms with Gasteiger partial charge in [-0.1, -0.05) is 13.8 Å². The molecule has 0 N–H and O–H groups in total. The van der Waals surface area contributed by atoms with Gasteiger partial charge in [0.05, 0.1) is 5.56 Å². The standard InChI is InChI=1S/C13H17BrN2OS/c1-13(2)5-6-16(7-8-18-13)12(17)10-3-4-11(14)15-9-10/h3-4,9H,5-8H2,1-2H3. The minimum Gasteiger partial charge on any atom is -0.338 e. The van der Waals surface area contributed by atoms with Gasteiger partial charge in [0.25, 0.3) is 5.91 Å². The van der Waals surface area contributed by atoms with E-state index >= 15 is 0 Å². The Kier molecular flexibility index (Phi) is 4.33. The van der Waals surface area contributed by atoms with Crippen molar-refractivity contribution >= 4 is 33.6 Å². The van der Waals surface area contributed by atoms with Gasteiger partial charge in [-0.15, -0.1) is 0 Å². The Labute approximate surface area is 120 Å². The summed E-state index contributed by atoms with van der Waals surface area (Å²) in [7, 11) is 0. The highest BCUT2D eigenvalue weighted by molar-refractivity contribution is 9.10. The lowest BCUT2D eigenvalue weighted by Gasteiger charge is -2.22. The summed E-state index contributed by atoms with van der Waals surface area (Å²) in [5, 5.41) is 0. The molecule has 1 saturated heterocycles. The lowest BCUT2D eigenvalue weighted by Crippen LogP contribution is -2.33. The van der Waals surface area contributed by atoms with Gasteiger partial charge in [0.2, 0.25) is 0 Å². The van der Waals surface area contributed by atoms with Crippen molar-refractivity contribution in [2.24, 2.45) is 0 Å². The Morgan fingerprint density at radius 1 is 1.44 bits per heavy atom. The van der Waals surface area contributed by atoms with Crippen molar-refractivity contribution in [3.63, 3.8) is 0 Å². The lowest BCUT2D eigenvalue weighted by atomic mass is 10.1. The van der Waals surface area contributed by atoms with Crippen molar-refractivity contribution in [2.45, 2.75) is 25.0 Å². The summed E-state index contributed by atoms with van der Waals surface area (Å²) in [6.07, 6.45) is 2.67. The summed E-state index contributed by atoms with van der Waals surface area (Å²) < 4.78 is 1.03. The molecule has 18 heavy (non-hydrogen) atoms. The molecule has 1 aromatic heterocycles. The molecule has 98 valence electrons. The maximum Gasteiger partial charge on any atom is 0.255 e. The molecule has 0 aromatic carbocycles. The quantitative estimate of drug-likeness (QED) is 0.742. The third kappa shape index (κ3) is 3.48. The first kappa shape index (κ1) is 13.9. The molecule has 1 aliphatic heterocycles. The van der Waals surface area contributed by atoms with Gasteiger partial charge in [-0.3, -0.25) is 4.79 Å². The predicted octanol–water partition coefficient (Wildman–Crippen LogP) is 3.20. The van der Waals surface area contributed by atoms with Crippen LogP contribution >= 0.6 is 27.7 Å². The van der Waals surface area contributed by atoms with E-state index in [0.29, 0.717) is 5.56 Å². The fourth-order valence-corrected chi connectivity index (χ4v) is 3.24. The van der Waals surface area contributed by atoms with Gasteiger partial charge < -0.3 is 4.90 Å². The van der Waals surface area contributed by atoms with Crippen molar-refractivity contribution in [3.8, 4) is 0 Å². The van der Waals surface area contributed by atoms with Crippen LogP contribution in [0.15, 0.2) is 22.9 Å². The molecule has 1 amide bonds. The normalized spacial score (nSPS) is 19.4. The van der Waals surface area contributed by atoms with Crippen LogP contribution in [0.25, 0.3) is 0 Å². The van der Waals surface area contributed by atoms with Crippen molar-refractivity contribution in [2.75, 3.05) is 18.8 Å². The molecular weight excluding hydrogens is 312 g/mol. The SMILES string of the molecule is CC1(C)CCN(C(=O)c2ccc(Br)nc2)CCS1. The Morgan fingerprint density at radius 3 is 2.89 bits per heavy atom. The maximum absolute atomic E-state index is 12.3. The molecule has 5 heteroatoms. The van der Waals surface area contributed by atoms with E-state index < -0.39 is 0 Å². The molecule has 1 aliphatic rings. The fourth-order valence-electron chi connectivity index (χ4n) is 1.91. The van der Waals surface area contributed by atoms with Crippen LogP contribution in [0.4, 0.5) is 0 Å². The van der Waals surface area contributed by atoms with E-state index in [1.807, 2.05) is 28.8 Å². The van der Waals surface area contributed by atoms with E-state index in [1.54, 1.807) is 6.20 Å². The van der Waals surface area contributed by atoms with Gasteiger partial charge in [-0.05, 0) is 34.5 Å². The molecule has 0 radical (unpaired) electrons. The van der Waals surface area contributed by atoms with E-state index in [0.717, 1.165) is 29.9 Å². The Balaban J connectivity index is 2.07. The average Bonchev–Trinajstić information content (AvgIpc) is 2.50. The van der Waals surface area contributed by atoms with Crippen LogP contribution in [0, 0.1) is 0 Å². The fraction of sp³-hybridized carbons (Fsp3) is 0.538. The monoisotopic (exact) mass is 328 g/mol. The first-order valence-electron chi connectivity index (χ1n) is 6.03. The predicted molar refractivity (Wildman–Crippen MR) is 79.0 cm³/mol. The van der Waals surface area contributed by atoms with Crippen LogP contribution in [0.5, 0.6) is 0 Å². The van der Waals surface area contributed by atoms with Gasteiger partial charge in [0, 0.05) is 29.8 Å². The molecular formula is C13H17BrN2OS. The number of halogens is 1. The Morgan fingerprint density at radius 2 is 2.22 bits per heavy atom. The summed E-state index contributed by atoms with van der Waals surface area (Å²) in [5.74, 6) is 1.09. The average molecular weight is 329 g/mol. The molecule has 0 saturated carbocycles. The summed E-state index contributed by atoms with van der Waals surface area (Å²) in [4.78, 5) is 18.4. The second-order valence-electron chi connectivity index (χ2n) is 5.02. The Hall–Kier alpha value is -0.550. The van der Waals surface area contributed by atoms with Crippen molar-refractivity contribution in [1.29, 1.82) is 0 Å². The zero-order chi connectivity index (χ0) is 13.2. The van der Waals surface area contributed by atoms with Crippen molar-refractivity contribution in [1.82, 2.24) is 9.88 Å². The highest BCUT2D eigenvalue weighted by Gasteiger charge is 2.26. The summed E-state index contributed by atoms with van der Waals surface area (Å²) in [6.45, 7) is 6.14.